The normalized spacial score (nSPS) is 11.5. The van der Waals surface area contributed by atoms with Crippen LogP contribution in [0.4, 0.5) is 14.9 Å². The van der Waals surface area contributed by atoms with Gasteiger partial charge in [0.1, 0.15) is 5.82 Å². The quantitative estimate of drug-likeness (QED) is 0.696. The second-order valence-corrected chi connectivity index (χ2v) is 9.41. The van der Waals surface area contributed by atoms with Gasteiger partial charge in [-0.1, -0.05) is 27.7 Å². The van der Waals surface area contributed by atoms with E-state index >= 15 is 0 Å². The molecule has 0 unspecified atom stereocenters. The first kappa shape index (κ1) is 24.2. The summed E-state index contributed by atoms with van der Waals surface area (Å²) in [6.07, 6.45) is 0. The number of hydrogen-bond acceptors (Lipinski definition) is 6. The highest BCUT2D eigenvalue weighted by molar-refractivity contribution is 7.90. The van der Waals surface area contributed by atoms with Crippen LogP contribution in [0.1, 0.15) is 61.1 Å². The summed E-state index contributed by atoms with van der Waals surface area (Å²) >= 11 is 0. The zero-order valence-electron chi connectivity index (χ0n) is 18.2. The first-order chi connectivity index (χ1) is 14.3. The SMILES string of the molecule is CC(C)c1cc(F)cc(C(C)C)c1NC(=O)NS(=O)(=O)c1ccc(C(=O)N(C)C)nn1. The van der Waals surface area contributed by atoms with Gasteiger partial charge < -0.3 is 10.2 Å². The summed E-state index contributed by atoms with van der Waals surface area (Å²) in [6.45, 7) is 7.35. The highest BCUT2D eigenvalue weighted by Gasteiger charge is 2.24. The van der Waals surface area contributed by atoms with Crippen LogP contribution in [0.3, 0.4) is 0 Å². The lowest BCUT2D eigenvalue weighted by molar-refractivity contribution is 0.0820. The van der Waals surface area contributed by atoms with E-state index in [1.165, 1.54) is 37.2 Å². The van der Waals surface area contributed by atoms with Crippen LogP contribution >= 0.6 is 0 Å². The molecule has 1 aromatic carbocycles. The molecular weight excluding hydrogens is 425 g/mol. The Morgan fingerprint density at radius 2 is 1.55 bits per heavy atom. The Kier molecular flexibility index (Phi) is 7.32. The fraction of sp³-hybridized carbons (Fsp3) is 0.400. The molecule has 0 bridgehead atoms. The molecule has 0 aliphatic carbocycles. The fourth-order valence-electron chi connectivity index (χ4n) is 2.82. The van der Waals surface area contributed by atoms with Crippen LogP contribution < -0.4 is 10.0 Å². The molecule has 9 nitrogen and oxygen atoms in total. The Balaban J connectivity index is 2.29. The molecule has 0 atom stereocenters. The minimum absolute atomic E-state index is 0.0390. The van der Waals surface area contributed by atoms with Crippen molar-refractivity contribution < 1.29 is 22.4 Å². The molecule has 0 spiro atoms. The average Bonchev–Trinajstić information content (AvgIpc) is 2.67. The average molecular weight is 452 g/mol. The van der Waals surface area contributed by atoms with Gasteiger partial charge in [-0.05, 0) is 47.2 Å². The van der Waals surface area contributed by atoms with Crippen molar-refractivity contribution in [3.05, 3.63) is 46.9 Å². The van der Waals surface area contributed by atoms with Crippen molar-refractivity contribution >= 4 is 27.6 Å². The number of sulfonamides is 1. The van der Waals surface area contributed by atoms with Gasteiger partial charge in [-0.25, -0.2) is 13.9 Å². The van der Waals surface area contributed by atoms with Crippen LogP contribution in [0.15, 0.2) is 29.3 Å². The number of nitrogens with one attached hydrogen (secondary N) is 2. The number of carbonyl (C=O) groups excluding carboxylic acids is 2. The summed E-state index contributed by atoms with van der Waals surface area (Å²) in [7, 11) is -1.31. The lowest BCUT2D eigenvalue weighted by Crippen LogP contribution is -2.35. The largest absolute Gasteiger partial charge is 0.343 e. The predicted molar refractivity (Wildman–Crippen MR) is 114 cm³/mol. The van der Waals surface area contributed by atoms with Gasteiger partial charge in [0.2, 0.25) is 0 Å². The van der Waals surface area contributed by atoms with Gasteiger partial charge in [-0.2, -0.15) is 8.42 Å². The first-order valence-corrected chi connectivity index (χ1v) is 11.0. The molecule has 0 aliphatic rings. The molecule has 2 N–H and O–H groups in total. The second-order valence-electron chi connectivity index (χ2n) is 7.78. The van der Waals surface area contributed by atoms with E-state index in [0.29, 0.717) is 16.8 Å². The van der Waals surface area contributed by atoms with Crippen LogP contribution in [0.5, 0.6) is 0 Å². The zero-order valence-corrected chi connectivity index (χ0v) is 19.0. The highest BCUT2D eigenvalue weighted by atomic mass is 32.2. The highest BCUT2D eigenvalue weighted by Crippen LogP contribution is 2.33. The van der Waals surface area contributed by atoms with Crippen molar-refractivity contribution in [3.8, 4) is 0 Å². The number of carbonyl (C=O) groups is 2. The lowest BCUT2D eigenvalue weighted by atomic mass is 9.92. The zero-order chi connectivity index (χ0) is 23.5. The number of halogens is 1. The summed E-state index contributed by atoms with van der Waals surface area (Å²) < 4.78 is 40.9. The molecule has 168 valence electrons. The summed E-state index contributed by atoms with van der Waals surface area (Å²) in [5, 5.41) is 9.16. The van der Waals surface area contributed by atoms with Crippen molar-refractivity contribution in [2.24, 2.45) is 0 Å². The van der Waals surface area contributed by atoms with Gasteiger partial charge in [0.25, 0.3) is 15.9 Å². The van der Waals surface area contributed by atoms with E-state index in [1.807, 2.05) is 32.4 Å². The van der Waals surface area contributed by atoms with Gasteiger partial charge in [0, 0.05) is 19.8 Å². The molecule has 0 saturated carbocycles. The van der Waals surface area contributed by atoms with Crippen molar-refractivity contribution in [1.29, 1.82) is 0 Å². The van der Waals surface area contributed by atoms with Crippen molar-refractivity contribution in [2.45, 2.75) is 44.6 Å². The van der Waals surface area contributed by atoms with Gasteiger partial charge in [-0.3, -0.25) is 4.79 Å². The second kappa shape index (κ2) is 9.38. The number of amides is 3. The predicted octanol–water partition coefficient (Wildman–Crippen LogP) is 3.07. The van der Waals surface area contributed by atoms with Crippen LogP contribution in [-0.2, 0) is 10.0 Å². The molecule has 0 radical (unpaired) electrons. The Bertz CT molecular complexity index is 1050. The van der Waals surface area contributed by atoms with E-state index in [-0.39, 0.29) is 17.5 Å². The third-order valence-corrected chi connectivity index (χ3v) is 5.64. The van der Waals surface area contributed by atoms with Gasteiger partial charge >= 0.3 is 6.03 Å². The number of benzene rings is 1. The van der Waals surface area contributed by atoms with Crippen molar-refractivity contribution in [2.75, 3.05) is 19.4 Å². The Labute approximate surface area is 181 Å². The fourth-order valence-corrected chi connectivity index (χ4v) is 3.62. The monoisotopic (exact) mass is 451 g/mol. The van der Waals surface area contributed by atoms with E-state index in [0.717, 1.165) is 6.07 Å². The van der Waals surface area contributed by atoms with Gasteiger partial charge in [-0.15, -0.1) is 10.2 Å². The number of nitrogens with zero attached hydrogens (tertiary/aromatic N) is 3. The number of aromatic nitrogens is 2. The molecule has 0 aliphatic heterocycles. The maximum absolute atomic E-state index is 14.0. The maximum atomic E-state index is 14.0. The summed E-state index contributed by atoms with van der Waals surface area (Å²) in [4.78, 5) is 25.6. The van der Waals surface area contributed by atoms with E-state index in [4.69, 9.17) is 0 Å². The van der Waals surface area contributed by atoms with Crippen molar-refractivity contribution in [3.63, 3.8) is 0 Å². The van der Waals surface area contributed by atoms with Crippen LogP contribution in [0.25, 0.3) is 0 Å². The third-order valence-electron chi connectivity index (χ3n) is 4.41. The summed E-state index contributed by atoms with van der Waals surface area (Å²) in [5.41, 5.74) is 1.41. The molecule has 2 rings (SSSR count). The van der Waals surface area contributed by atoms with Gasteiger partial charge in [0.05, 0.1) is 0 Å². The van der Waals surface area contributed by atoms with E-state index < -0.39 is 32.8 Å². The summed E-state index contributed by atoms with van der Waals surface area (Å²) in [5.74, 6) is -1.12. The third kappa shape index (κ3) is 5.75. The van der Waals surface area contributed by atoms with E-state index in [1.54, 1.807) is 0 Å². The molecule has 0 saturated heterocycles. The molecular formula is C20H26FN5O4S. The number of rotatable bonds is 6. The molecule has 3 amide bonds. The molecule has 1 aromatic heterocycles. The smallest absolute Gasteiger partial charge is 0.333 e. The molecule has 11 heteroatoms. The summed E-state index contributed by atoms with van der Waals surface area (Å²) in [6, 6.07) is 3.89. The van der Waals surface area contributed by atoms with Crippen molar-refractivity contribution in [1.82, 2.24) is 19.8 Å². The van der Waals surface area contributed by atoms with E-state index in [9.17, 15) is 22.4 Å². The molecule has 0 fully saturated rings. The Morgan fingerprint density at radius 1 is 1.00 bits per heavy atom. The number of urea groups is 1. The van der Waals surface area contributed by atoms with Crippen LogP contribution in [-0.4, -0.2) is 49.5 Å². The first-order valence-electron chi connectivity index (χ1n) is 9.56. The minimum Gasteiger partial charge on any atom is -0.343 e. The minimum atomic E-state index is -4.35. The van der Waals surface area contributed by atoms with Crippen LogP contribution in [0.2, 0.25) is 0 Å². The standard InChI is InChI=1S/C20H26FN5O4S/c1-11(2)14-9-13(21)10-15(12(3)4)18(14)22-20(28)25-31(29,30)17-8-7-16(23-24-17)19(27)26(5)6/h7-12H,1-6H3,(H2,22,25,28). The van der Waals surface area contributed by atoms with Crippen LogP contribution in [0, 0.1) is 5.82 Å². The van der Waals surface area contributed by atoms with Gasteiger partial charge in [0.15, 0.2) is 10.7 Å². The topological polar surface area (TPSA) is 121 Å². The Hall–Kier alpha value is -3.08. The number of anilines is 1. The molecule has 31 heavy (non-hydrogen) atoms. The molecule has 1 heterocycles. The Morgan fingerprint density at radius 3 is 1.97 bits per heavy atom. The number of hydrogen-bond donors (Lipinski definition) is 2. The lowest BCUT2D eigenvalue weighted by Gasteiger charge is -2.20. The maximum Gasteiger partial charge on any atom is 0.333 e. The molecule has 2 aromatic rings. The van der Waals surface area contributed by atoms with E-state index in [2.05, 4.69) is 15.5 Å².